The third-order valence-electron chi connectivity index (χ3n) is 3.37. The lowest BCUT2D eigenvalue weighted by molar-refractivity contribution is -0.116. The molecular formula is C17H18N2O5S. The minimum absolute atomic E-state index is 0.0553. The van der Waals surface area contributed by atoms with Crippen molar-refractivity contribution in [3.63, 3.8) is 0 Å². The number of nitrogens with zero attached hydrogens (tertiary/aromatic N) is 2. The summed E-state index contributed by atoms with van der Waals surface area (Å²) in [6.07, 6.45) is 0. The number of amides is 1. The lowest BCUT2D eigenvalue weighted by Crippen LogP contribution is -2.27. The van der Waals surface area contributed by atoms with Crippen LogP contribution in [0.1, 0.15) is 40.3 Å². The van der Waals surface area contributed by atoms with Gasteiger partial charge in [0.1, 0.15) is 6.61 Å². The second-order valence-corrected chi connectivity index (χ2v) is 5.83. The van der Waals surface area contributed by atoms with E-state index in [-0.39, 0.29) is 23.6 Å². The third kappa shape index (κ3) is 4.42. The molecule has 1 aromatic heterocycles. The predicted molar refractivity (Wildman–Crippen MR) is 92.7 cm³/mol. The highest BCUT2D eigenvalue weighted by molar-refractivity contribution is 7.14. The lowest BCUT2D eigenvalue weighted by atomic mass is 10.1. The molecule has 0 N–H and O–H groups in total. The van der Waals surface area contributed by atoms with Crippen LogP contribution in [0.4, 0.5) is 5.13 Å². The molecule has 0 spiro atoms. The Bertz CT molecular complexity index is 787. The first-order valence-corrected chi connectivity index (χ1v) is 8.42. The Morgan fingerprint density at radius 3 is 2.36 bits per heavy atom. The molecule has 2 aromatic rings. The molecule has 132 valence electrons. The molecule has 0 aliphatic heterocycles. The molecule has 25 heavy (non-hydrogen) atoms. The normalized spacial score (nSPS) is 10.2. The minimum Gasteiger partial charge on any atom is -0.465 e. The fourth-order valence-electron chi connectivity index (χ4n) is 2.15. The van der Waals surface area contributed by atoms with Crippen molar-refractivity contribution < 1.29 is 23.9 Å². The predicted octanol–water partition coefficient (Wildman–Crippen LogP) is 2.66. The zero-order valence-corrected chi connectivity index (χ0v) is 15.0. The SMILES string of the molecule is CCN(C(C)=O)c1nc(COC(=O)c2ccccc2C(=O)OC)cs1. The minimum atomic E-state index is -0.644. The Morgan fingerprint density at radius 2 is 1.80 bits per heavy atom. The van der Waals surface area contributed by atoms with E-state index in [1.165, 1.54) is 42.4 Å². The van der Waals surface area contributed by atoms with Crippen LogP contribution in [0, 0.1) is 0 Å². The van der Waals surface area contributed by atoms with Gasteiger partial charge in [0.2, 0.25) is 5.91 Å². The van der Waals surface area contributed by atoms with Crippen molar-refractivity contribution in [2.75, 3.05) is 18.6 Å². The summed E-state index contributed by atoms with van der Waals surface area (Å²) >= 11 is 1.30. The fraction of sp³-hybridized carbons (Fsp3) is 0.294. The number of aromatic nitrogens is 1. The van der Waals surface area contributed by atoms with Gasteiger partial charge < -0.3 is 9.47 Å². The molecule has 0 atom stereocenters. The molecule has 7 nitrogen and oxygen atoms in total. The van der Waals surface area contributed by atoms with Crippen LogP contribution in [0.2, 0.25) is 0 Å². The van der Waals surface area contributed by atoms with E-state index in [4.69, 9.17) is 4.74 Å². The van der Waals surface area contributed by atoms with E-state index in [0.29, 0.717) is 17.4 Å². The van der Waals surface area contributed by atoms with Gasteiger partial charge in [-0.1, -0.05) is 12.1 Å². The van der Waals surface area contributed by atoms with Crippen LogP contribution < -0.4 is 4.90 Å². The Labute approximate surface area is 149 Å². The van der Waals surface area contributed by atoms with E-state index in [2.05, 4.69) is 9.72 Å². The van der Waals surface area contributed by atoms with Gasteiger partial charge in [-0.15, -0.1) is 11.3 Å². The molecule has 0 unspecified atom stereocenters. The standard InChI is InChI=1S/C17H18N2O5S/c1-4-19(11(2)20)17-18-12(10-25-17)9-24-16(22)14-8-6-5-7-13(14)15(21)23-3/h5-8,10H,4,9H2,1-3H3. The lowest BCUT2D eigenvalue weighted by Gasteiger charge is -2.14. The van der Waals surface area contributed by atoms with Gasteiger partial charge in [-0.3, -0.25) is 9.69 Å². The van der Waals surface area contributed by atoms with Gasteiger partial charge in [0, 0.05) is 18.8 Å². The smallest absolute Gasteiger partial charge is 0.339 e. The molecule has 0 aliphatic carbocycles. The number of carbonyl (C=O) groups is 3. The van der Waals surface area contributed by atoms with Crippen molar-refractivity contribution in [3.05, 3.63) is 46.5 Å². The maximum Gasteiger partial charge on any atom is 0.339 e. The van der Waals surface area contributed by atoms with Gasteiger partial charge in [0.05, 0.1) is 23.9 Å². The van der Waals surface area contributed by atoms with Gasteiger partial charge in [0.25, 0.3) is 0 Å². The van der Waals surface area contributed by atoms with E-state index in [1.807, 2.05) is 6.92 Å². The average Bonchev–Trinajstić information content (AvgIpc) is 3.07. The van der Waals surface area contributed by atoms with Crippen LogP contribution in [0.5, 0.6) is 0 Å². The third-order valence-corrected chi connectivity index (χ3v) is 4.28. The maximum absolute atomic E-state index is 12.2. The Kier molecular flexibility index (Phi) is 6.24. The number of benzene rings is 1. The van der Waals surface area contributed by atoms with Gasteiger partial charge in [-0.25, -0.2) is 14.6 Å². The summed E-state index contributed by atoms with van der Waals surface area (Å²) in [4.78, 5) is 41.3. The molecule has 0 saturated carbocycles. The summed E-state index contributed by atoms with van der Waals surface area (Å²) in [6, 6.07) is 6.26. The van der Waals surface area contributed by atoms with E-state index in [0.717, 1.165) is 0 Å². The average molecular weight is 362 g/mol. The Balaban J connectivity index is 2.08. The zero-order chi connectivity index (χ0) is 18.4. The van der Waals surface area contributed by atoms with E-state index in [9.17, 15) is 14.4 Å². The number of carbonyl (C=O) groups excluding carboxylic acids is 3. The first kappa shape index (κ1) is 18.6. The topological polar surface area (TPSA) is 85.8 Å². The quantitative estimate of drug-likeness (QED) is 0.735. The summed E-state index contributed by atoms with van der Waals surface area (Å²) in [5.74, 6) is -1.36. The Morgan fingerprint density at radius 1 is 1.16 bits per heavy atom. The number of anilines is 1. The highest BCUT2D eigenvalue weighted by Crippen LogP contribution is 2.21. The summed E-state index contributed by atoms with van der Waals surface area (Å²) in [5, 5.41) is 2.27. The number of hydrogen-bond acceptors (Lipinski definition) is 7. The first-order valence-electron chi connectivity index (χ1n) is 7.54. The maximum atomic E-state index is 12.2. The van der Waals surface area contributed by atoms with E-state index < -0.39 is 11.9 Å². The number of esters is 2. The van der Waals surface area contributed by atoms with Crippen molar-refractivity contribution >= 4 is 34.3 Å². The number of rotatable bonds is 6. The molecular weight excluding hydrogens is 344 g/mol. The molecule has 1 heterocycles. The molecule has 0 saturated heterocycles. The number of hydrogen-bond donors (Lipinski definition) is 0. The van der Waals surface area contributed by atoms with Crippen LogP contribution in [0.25, 0.3) is 0 Å². The fourth-order valence-corrected chi connectivity index (χ4v) is 3.06. The zero-order valence-electron chi connectivity index (χ0n) is 14.1. The Hall–Kier alpha value is -2.74. The molecule has 1 amide bonds. The van der Waals surface area contributed by atoms with Gasteiger partial charge in [0.15, 0.2) is 5.13 Å². The van der Waals surface area contributed by atoms with E-state index >= 15 is 0 Å². The molecule has 0 aliphatic rings. The second kappa shape index (κ2) is 8.39. The molecule has 1 aromatic carbocycles. The largest absolute Gasteiger partial charge is 0.465 e. The van der Waals surface area contributed by atoms with Crippen LogP contribution >= 0.6 is 11.3 Å². The summed E-state index contributed by atoms with van der Waals surface area (Å²) in [5.41, 5.74) is 0.801. The van der Waals surface area contributed by atoms with Crippen LogP contribution in [0.3, 0.4) is 0 Å². The van der Waals surface area contributed by atoms with E-state index in [1.54, 1.807) is 17.5 Å². The summed E-state index contributed by atoms with van der Waals surface area (Å²) < 4.78 is 9.89. The van der Waals surface area contributed by atoms with Crippen LogP contribution in [-0.2, 0) is 20.9 Å². The van der Waals surface area contributed by atoms with Crippen molar-refractivity contribution in [1.82, 2.24) is 4.98 Å². The van der Waals surface area contributed by atoms with Crippen molar-refractivity contribution in [2.45, 2.75) is 20.5 Å². The monoisotopic (exact) mass is 362 g/mol. The highest BCUT2D eigenvalue weighted by atomic mass is 32.1. The summed E-state index contributed by atoms with van der Waals surface area (Å²) in [6.45, 7) is 3.77. The molecule has 8 heteroatoms. The molecule has 0 radical (unpaired) electrons. The molecule has 0 fully saturated rings. The van der Waals surface area contributed by atoms with Crippen molar-refractivity contribution in [2.24, 2.45) is 0 Å². The van der Waals surface area contributed by atoms with Gasteiger partial charge in [-0.05, 0) is 19.1 Å². The van der Waals surface area contributed by atoms with Crippen LogP contribution in [0.15, 0.2) is 29.6 Å². The number of ether oxygens (including phenoxy) is 2. The highest BCUT2D eigenvalue weighted by Gasteiger charge is 2.19. The van der Waals surface area contributed by atoms with Crippen LogP contribution in [-0.4, -0.2) is 36.5 Å². The second-order valence-electron chi connectivity index (χ2n) is 5.00. The van der Waals surface area contributed by atoms with Gasteiger partial charge >= 0.3 is 11.9 Å². The van der Waals surface area contributed by atoms with Gasteiger partial charge in [-0.2, -0.15) is 0 Å². The number of methoxy groups -OCH3 is 1. The van der Waals surface area contributed by atoms with Crippen molar-refractivity contribution in [1.29, 1.82) is 0 Å². The molecule has 0 bridgehead atoms. The first-order chi connectivity index (χ1) is 12.0. The number of thiazole rings is 1. The summed E-state index contributed by atoms with van der Waals surface area (Å²) in [7, 11) is 1.25. The molecule has 2 rings (SSSR count). The van der Waals surface area contributed by atoms with Crippen molar-refractivity contribution in [3.8, 4) is 0 Å².